The maximum atomic E-state index is 12.4. The van der Waals surface area contributed by atoms with E-state index in [0.717, 1.165) is 38.9 Å². The minimum atomic E-state index is -0.420. The first kappa shape index (κ1) is 20.2. The van der Waals surface area contributed by atoms with Crippen LogP contribution in [0.5, 0.6) is 5.75 Å². The molecule has 1 aliphatic heterocycles. The Morgan fingerprint density at radius 2 is 1.92 bits per heavy atom. The number of benzene rings is 1. The van der Waals surface area contributed by atoms with Gasteiger partial charge in [0.1, 0.15) is 5.75 Å². The van der Waals surface area contributed by atoms with Crippen molar-refractivity contribution in [2.45, 2.75) is 39.2 Å². The van der Waals surface area contributed by atoms with Crippen molar-refractivity contribution in [3.8, 4) is 5.75 Å². The van der Waals surface area contributed by atoms with Gasteiger partial charge in [0, 0.05) is 37.7 Å². The summed E-state index contributed by atoms with van der Waals surface area (Å²) in [5, 5.41) is 10.6. The number of likely N-dealkylation sites (tertiary alicyclic amines) is 1. The first-order chi connectivity index (χ1) is 12.4. The molecule has 0 radical (unpaired) electrons. The highest BCUT2D eigenvalue weighted by Gasteiger charge is 2.27. The molecule has 1 amide bonds. The highest BCUT2D eigenvalue weighted by atomic mass is 16.6. The van der Waals surface area contributed by atoms with E-state index in [-0.39, 0.29) is 23.6 Å². The van der Waals surface area contributed by atoms with Crippen molar-refractivity contribution in [3.05, 3.63) is 34.4 Å². The maximum absolute atomic E-state index is 12.4. The predicted octanol–water partition coefficient (Wildman–Crippen LogP) is 2.94. The fourth-order valence-corrected chi connectivity index (χ4v) is 3.09. The van der Waals surface area contributed by atoms with Crippen LogP contribution in [0.4, 0.5) is 5.69 Å². The van der Waals surface area contributed by atoms with Gasteiger partial charge < -0.3 is 14.5 Å². The van der Waals surface area contributed by atoms with E-state index in [1.807, 2.05) is 25.8 Å². The van der Waals surface area contributed by atoms with Gasteiger partial charge in [-0.25, -0.2) is 0 Å². The number of nitrogens with zero attached hydrogens (tertiary/aromatic N) is 3. The molecule has 2 rings (SSSR count). The Hall–Kier alpha value is -2.15. The van der Waals surface area contributed by atoms with Gasteiger partial charge in [0.2, 0.25) is 5.91 Å². The molecule has 7 nitrogen and oxygen atoms in total. The van der Waals surface area contributed by atoms with Crippen LogP contribution in [0.15, 0.2) is 24.3 Å². The Balaban J connectivity index is 1.64. The van der Waals surface area contributed by atoms with Crippen LogP contribution < -0.4 is 4.74 Å². The SMILES string of the molecule is CC(C)N(C)C(=O)C1CCN(CCCOc2ccc([N+](=O)[O-])cc2)CC1. The summed E-state index contributed by atoms with van der Waals surface area (Å²) in [5.74, 6) is 1.06. The second-order valence-electron chi connectivity index (χ2n) is 7.11. The molecule has 0 aromatic heterocycles. The molecular weight excluding hydrogens is 334 g/mol. The van der Waals surface area contributed by atoms with Crippen molar-refractivity contribution in [1.82, 2.24) is 9.80 Å². The zero-order chi connectivity index (χ0) is 19.1. The molecule has 1 saturated heterocycles. The molecule has 26 heavy (non-hydrogen) atoms. The third kappa shape index (κ3) is 5.69. The minimum Gasteiger partial charge on any atom is -0.494 e. The van der Waals surface area contributed by atoms with Crippen LogP contribution in [0.3, 0.4) is 0 Å². The van der Waals surface area contributed by atoms with E-state index in [1.54, 1.807) is 12.1 Å². The van der Waals surface area contributed by atoms with Crippen molar-refractivity contribution in [3.63, 3.8) is 0 Å². The summed E-state index contributed by atoms with van der Waals surface area (Å²) in [6.07, 6.45) is 2.72. The topological polar surface area (TPSA) is 75.9 Å². The number of ether oxygens (including phenoxy) is 1. The molecule has 1 aromatic carbocycles. The molecule has 1 aromatic rings. The van der Waals surface area contributed by atoms with Crippen LogP contribution in [0.25, 0.3) is 0 Å². The Morgan fingerprint density at radius 1 is 1.31 bits per heavy atom. The lowest BCUT2D eigenvalue weighted by molar-refractivity contribution is -0.384. The van der Waals surface area contributed by atoms with Crippen molar-refractivity contribution in [1.29, 1.82) is 0 Å². The number of piperidine rings is 1. The molecule has 0 unspecified atom stereocenters. The lowest BCUT2D eigenvalue weighted by atomic mass is 9.95. The molecule has 1 fully saturated rings. The summed E-state index contributed by atoms with van der Waals surface area (Å²) in [6.45, 7) is 7.48. The van der Waals surface area contributed by atoms with Gasteiger partial charge in [-0.2, -0.15) is 0 Å². The molecule has 1 heterocycles. The van der Waals surface area contributed by atoms with E-state index >= 15 is 0 Å². The minimum absolute atomic E-state index is 0.0675. The summed E-state index contributed by atoms with van der Waals surface area (Å²) < 4.78 is 5.64. The number of carbonyl (C=O) groups excluding carboxylic acids is 1. The van der Waals surface area contributed by atoms with Gasteiger partial charge >= 0.3 is 0 Å². The largest absolute Gasteiger partial charge is 0.494 e. The van der Waals surface area contributed by atoms with Crippen molar-refractivity contribution < 1.29 is 14.5 Å². The van der Waals surface area contributed by atoms with Gasteiger partial charge in [-0.1, -0.05) is 0 Å². The lowest BCUT2D eigenvalue weighted by Gasteiger charge is -2.34. The van der Waals surface area contributed by atoms with Gasteiger partial charge in [-0.15, -0.1) is 0 Å². The first-order valence-corrected chi connectivity index (χ1v) is 9.24. The van der Waals surface area contributed by atoms with E-state index in [4.69, 9.17) is 4.74 Å². The molecule has 1 aliphatic rings. The number of nitro benzene ring substituents is 1. The summed E-state index contributed by atoms with van der Waals surface area (Å²) in [6, 6.07) is 6.40. The van der Waals surface area contributed by atoms with Gasteiger partial charge in [0.25, 0.3) is 5.69 Å². The van der Waals surface area contributed by atoms with E-state index in [9.17, 15) is 14.9 Å². The average molecular weight is 363 g/mol. The zero-order valence-electron chi connectivity index (χ0n) is 15.9. The van der Waals surface area contributed by atoms with E-state index < -0.39 is 4.92 Å². The number of hydrogen-bond donors (Lipinski definition) is 0. The van der Waals surface area contributed by atoms with Crippen molar-refractivity contribution >= 4 is 11.6 Å². The van der Waals surface area contributed by atoms with Gasteiger partial charge in [0.05, 0.1) is 11.5 Å². The lowest BCUT2D eigenvalue weighted by Crippen LogP contribution is -2.43. The third-order valence-corrected chi connectivity index (χ3v) is 4.99. The van der Waals surface area contributed by atoms with Crippen LogP contribution in [0, 0.1) is 16.0 Å². The fraction of sp³-hybridized carbons (Fsp3) is 0.632. The molecule has 0 saturated carbocycles. The standard InChI is InChI=1S/C19H29N3O4/c1-15(2)20(3)19(23)16-9-12-21(13-10-16)11-4-14-26-18-7-5-17(6-8-18)22(24)25/h5-8,15-16H,4,9-14H2,1-3H3. The van der Waals surface area contributed by atoms with Crippen LogP contribution in [-0.4, -0.2) is 60.0 Å². The van der Waals surface area contributed by atoms with Gasteiger partial charge in [0.15, 0.2) is 0 Å². The monoisotopic (exact) mass is 363 g/mol. The summed E-state index contributed by atoms with van der Waals surface area (Å²) >= 11 is 0. The molecule has 0 bridgehead atoms. The number of rotatable bonds is 8. The molecule has 7 heteroatoms. The summed E-state index contributed by atoms with van der Waals surface area (Å²) in [5.41, 5.74) is 0.0675. The number of hydrogen-bond acceptors (Lipinski definition) is 5. The van der Waals surface area contributed by atoms with Crippen molar-refractivity contribution in [2.75, 3.05) is 33.3 Å². The Labute approximate surface area is 155 Å². The molecule has 0 spiro atoms. The van der Waals surface area contributed by atoms with Gasteiger partial charge in [-0.05, 0) is 58.3 Å². The van der Waals surface area contributed by atoms with E-state index in [1.165, 1.54) is 12.1 Å². The molecular formula is C19H29N3O4. The second kappa shape index (κ2) is 9.52. The molecule has 0 aliphatic carbocycles. The Kier molecular flexibility index (Phi) is 7.38. The predicted molar refractivity (Wildman–Crippen MR) is 100 cm³/mol. The highest BCUT2D eigenvalue weighted by molar-refractivity contribution is 5.78. The van der Waals surface area contributed by atoms with Crippen molar-refractivity contribution in [2.24, 2.45) is 5.92 Å². The van der Waals surface area contributed by atoms with E-state index in [2.05, 4.69) is 4.90 Å². The smallest absolute Gasteiger partial charge is 0.269 e. The number of amides is 1. The van der Waals surface area contributed by atoms with Gasteiger partial charge in [-0.3, -0.25) is 14.9 Å². The maximum Gasteiger partial charge on any atom is 0.269 e. The fourth-order valence-electron chi connectivity index (χ4n) is 3.09. The number of carbonyl (C=O) groups is 1. The van der Waals surface area contributed by atoms with Crippen LogP contribution in [-0.2, 0) is 4.79 Å². The molecule has 0 N–H and O–H groups in total. The quantitative estimate of drug-likeness (QED) is 0.403. The summed E-state index contributed by atoms with van der Waals surface area (Å²) in [4.78, 5) is 26.8. The second-order valence-corrected chi connectivity index (χ2v) is 7.11. The number of non-ortho nitro benzene ring substituents is 1. The molecule has 144 valence electrons. The Bertz CT molecular complexity index is 595. The third-order valence-electron chi connectivity index (χ3n) is 4.99. The average Bonchev–Trinajstić information content (AvgIpc) is 2.64. The number of nitro groups is 1. The van der Waals surface area contributed by atoms with Crippen LogP contribution in [0.2, 0.25) is 0 Å². The highest BCUT2D eigenvalue weighted by Crippen LogP contribution is 2.21. The van der Waals surface area contributed by atoms with Crippen LogP contribution in [0.1, 0.15) is 33.1 Å². The van der Waals surface area contributed by atoms with Crippen LogP contribution >= 0.6 is 0 Å². The normalized spacial score (nSPS) is 15.8. The zero-order valence-corrected chi connectivity index (χ0v) is 15.9. The first-order valence-electron chi connectivity index (χ1n) is 9.24. The Morgan fingerprint density at radius 3 is 2.46 bits per heavy atom. The summed E-state index contributed by atoms with van der Waals surface area (Å²) in [7, 11) is 1.88. The molecule has 0 atom stereocenters. The van der Waals surface area contributed by atoms with E-state index in [0.29, 0.717) is 12.4 Å².